The summed E-state index contributed by atoms with van der Waals surface area (Å²) in [5, 5.41) is 2.78. The highest BCUT2D eigenvalue weighted by molar-refractivity contribution is 9.11. The Morgan fingerprint density at radius 2 is 1.80 bits per heavy atom. The van der Waals surface area contributed by atoms with E-state index < -0.39 is 10.0 Å². The summed E-state index contributed by atoms with van der Waals surface area (Å²) in [6.45, 7) is 3.28. The third-order valence-corrected chi connectivity index (χ3v) is 7.82. The van der Waals surface area contributed by atoms with E-state index in [-0.39, 0.29) is 10.8 Å². The van der Waals surface area contributed by atoms with Gasteiger partial charge in [0.05, 0.1) is 13.6 Å². The summed E-state index contributed by atoms with van der Waals surface area (Å²) in [6.07, 6.45) is 1.79. The number of rotatable bonds is 4. The molecule has 1 aromatic heterocycles. The third-order valence-electron chi connectivity index (χ3n) is 4.29. The lowest BCUT2D eigenvalue weighted by atomic mass is 10.0. The van der Waals surface area contributed by atoms with Crippen molar-refractivity contribution in [1.29, 1.82) is 0 Å². The van der Waals surface area contributed by atoms with Crippen LogP contribution in [0.2, 0.25) is 0 Å². The van der Waals surface area contributed by atoms with Gasteiger partial charge in [-0.05, 0) is 71.1 Å². The van der Waals surface area contributed by atoms with E-state index in [1.165, 1.54) is 11.3 Å². The molecule has 0 spiro atoms. The highest BCUT2D eigenvalue weighted by atomic mass is 79.9. The largest absolute Gasteiger partial charge is 0.321 e. The van der Waals surface area contributed by atoms with Gasteiger partial charge in [-0.1, -0.05) is 6.92 Å². The number of anilines is 1. The summed E-state index contributed by atoms with van der Waals surface area (Å²) in [7, 11) is -3.46. The average Bonchev–Trinajstić information content (AvgIpc) is 3.02. The van der Waals surface area contributed by atoms with Crippen molar-refractivity contribution >= 4 is 48.9 Å². The molecule has 25 heavy (non-hydrogen) atoms. The lowest BCUT2D eigenvalue weighted by molar-refractivity contribution is 0.103. The standard InChI is InChI=1S/C17H19BrN2O3S2/c1-12-8-10-20(11-9-12)25(22,23)14-4-2-13(3-5-14)19-17(21)15-6-7-16(18)24-15/h2-7,12H,8-11H2,1H3,(H,19,21). The minimum absolute atomic E-state index is 0.212. The number of halogens is 1. The van der Waals surface area contributed by atoms with E-state index in [1.54, 1.807) is 34.6 Å². The Labute approximate surface area is 160 Å². The first kappa shape index (κ1) is 18.6. The van der Waals surface area contributed by atoms with Crippen molar-refractivity contribution in [1.82, 2.24) is 4.31 Å². The van der Waals surface area contributed by atoms with Crippen molar-refractivity contribution in [3.05, 3.63) is 45.1 Å². The number of benzene rings is 1. The Morgan fingerprint density at radius 3 is 2.36 bits per heavy atom. The van der Waals surface area contributed by atoms with Crippen LogP contribution in [-0.2, 0) is 10.0 Å². The van der Waals surface area contributed by atoms with E-state index in [0.717, 1.165) is 16.6 Å². The van der Waals surface area contributed by atoms with Crippen LogP contribution in [0.25, 0.3) is 0 Å². The summed E-state index contributed by atoms with van der Waals surface area (Å²) < 4.78 is 27.8. The Balaban J connectivity index is 1.70. The molecule has 1 N–H and O–H groups in total. The zero-order valence-corrected chi connectivity index (χ0v) is 17.0. The molecular weight excluding hydrogens is 424 g/mol. The molecule has 2 heterocycles. The molecule has 0 bridgehead atoms. The average molecular weight is 443 g/mol. The molecule has 0 radical (unpaired) electrons. The smallest absolute Gasteiger partial charge is 0.265 e. The number of carbonyl (C=O) groups is 1. The number of carbonyl (C=O) groups excluding carboxylic acids is 1. The molecule has 1 saturated heterocycles. The predicted octanol–water partition coefficient (Wildman–Crippen LogP) is 4.18. The zero-order chi connectivity index (χ0) is 18.0. The summed E-state index contributed by atoms with van der Waals surface area (Å²) in [5.74, 6) is 0.359. The van der Waals surface area contributed by atoms with Gasteiger partial charge in [-0.2, -0.15) is 4.31 Å². The second kappa shape index (κ2) is 7.57. The van der Waals surface area contributed by atoms with Gasteiger partial charge in [0.15, 0.2) is 0 Å². The van der Waals surface area contributed by atoms with Crippen LogP contribution in [0, 0.1) is 5.92 Å². The molecule has 1 aromatic carbocycles. The Hall–Kier alpha value is -1.22. The molecule has 0 aliphatic carbocycles. The van der Waals surface area contributed by atoms with Crippen LogP contribution in [0.5, 0.6) is 0 Å². The molecule has 1 aliphatic heterocycles. The van der Waals surface area contributed by atoms with Gasteiger partial charge in [-0.3, -0.25) is 4.79 Å². The molecule has 8 heteroatoms. The Kier molecular flexibility index (Phi) is 5.62. The maximum Gasteiger partial charge on any atom is 0.265 e. The molecule has 2 aromatic rings. The van der Waals surface area contributed by atoms with E-state index in [4.69, 9.17) is 0 Å². The molecule has 3 rings (SSSR count). The molecule has 0 saturated carbocycles. The van der Waals surface area contributed by atoms with Crippen LogP contribution >= 0.6 is 27.3 Å². The molecule has 5 nitrogen and oxygen atoms in total. The van der Waals surface area contributed by atoms with Gasteiger partial charge >= 0.3 is 0 Å². The summed E-state index contributed by atoms with van der Waals surface area (Å²) >= 11 is 4.67. The second-order valence-electron chi connectivity index (χ2n) is 6.17. The summed E-state index contributed by atoms with van der Waals surface area (Å²) in [4.78, 5) is 13.0. The fourth-order valence-corrected chi connectivity index (χ4v) is 5.46. The molecule has 134 valence electrons. The first-order chi connectivity index (χ1) is 11.9. The Bertz CT molecular complexity index is 854. The van der Waals surface area contributed by atoms with E-state index >= 15 is 0 Å². The number of piperidine rings is 1. The number of hydrogen-bond acceptors (Lipinski definition) is 4. The quantitative estimate of drug-likeness (QED) is 0.771. The number of nitrogens with zero attached hydrogens (tertiary/aromatic N) is 1. The molecule has 0 unspecified atom stereocenters. The van der Waals surface area contributed by atoms with Gasteiger partial charge in [-0.15, -0.1) is 11.3 Å². The van der Waals surface area contributed by atoms with Gasteiger partial charge in [0.2, 0.25) is 10.0 Å². The van der Waals surface area contributed by atoms with Crippen molar-refractivity contribution in [2.45, 2.75) is 24.7 Å². The minimum atomic E-state index is -3.46. The number of hydrogen-bond donors (Lipinski definition) is 1. The van der Waals surface area contributed by atoms with E-state index in [1.807, 2.05) is 6.07 Å². The highest BCUT2D eigenvalue weighted by Crippen LogP contribution is 2.25. The van der Waals surface area contributed by atoms with E-state index in [0.29, 0.717) is 29.6 Å². The fourth-order valence-electron chi connectivity index (χ4n) is 2.71. The SMILES string of the molecule is CC1CCN(S(=O)(=O)c2ccc(NC(=O)c3ccc(Br)s3)cc2)CC1. The van der Waals surface area contributed by atoms with Crippen LogP contribution in [0.1, 0.15) is 29.4 Å². The lowest BCUT2D eigenvalue weighted by Crippen LogP contribution is -2.37. The monoisotopic (exact) mass is 442 g/mol. The first-order valence-corrected chi connectivity index (χ1v) is 11.1. The van der Waals surface area contributed by atoms with Crippen molar-refractivity contribution in [2.75, 3.05) is 18.4 Å². The van der Waals surface area contributed by atoms with Crippen molar-refractivity contribution in [3.8, 4) is 0 Å². The maximum atomic E-state index is 12.7. The van der Waals surface area contributed by atoms with Gasteiger partial charge in [0.25, 0.3) is 5.91 Å². The lowest BCUT2D eigenvalue weighted by Gasteiger charge is -2.29. The van der Waals surface area contributed by atoms with Crippen LogP contribution < -0.4 is 5.32 Å². The van der Waals surface area contributed by atoms with Crippen LogP contribution in [-0.4, -0.2) is 31.7 Å². The summed E-state index contributed by atoms with van der Waals surface area (Å²) in [6, 6.07) is 9.90. The van der Waals surface area contributed by atoms with E-state index in [2.05, 4.69) is 28.2 Å². The maximum absolute atomic E-state index is 12.7. The topological polar surface area (TPSA) is 66.5 Å². The molecule has 0 atom stereocenters. The molecule has 1 aliphatic rings. The van der Waals surface area contributed by atoms with Crippen LogP contribution in [0.15, 0.2) is 45.1 Å². The van der Waals surface area contributed by atoms with Crippen LogP contribution in [0.4, 0.5) is 5.69 Å². The number of sulfonamides is 1. The summed E-state index contributed by atoms with van der Waals surface area (Å²) in [5.41, 5.74) is 0.570. The predicted molar refractivity (Wildman–Crippen MR) is 104 cm³/mol. The van der Waals surface area contributed by atoms with Crippen molar-refractivity contribution in [3.63, 3.8) is 0 Å². The molecule has 1 fully saturated rings. The number of amides is 1. The second-order valence-corrected chi connectivity index (χ2v) is 10.6. The molecule has 1 amide bonds. The fraction of sp³-hybridized carbons (Fsp3) is 0.353. The minimum Gasteiger partial charge on any atom is -0.321 e. The highest BCUT2D eigenvalue weighted by Gasteiger charge is 2.27. The van der Waals surface area contributed by atoms with Gasteiger partial charge in [0, 0.05) is 18.8 Å². The third kappa shape index (κ3) is 4.31. The molecular formula is C17H19BrN2O3S2. The van der Waals surface area contributed by atoms with Gasteiger partial charge in [0.1, 0.15) is 0 Å². The van der Waals surface area contributed by atoms with Crippen LogP contribution in [0.3, 0.4) is 0 Å². The Morgan fingerprint density at radius 1 is 1.16 bits per heavy atom. The number of nitrogens with one attached hydrogen (secondary N) is 1. The first-order valence-electron chi connectivity index (χ1n) is 8.03. The van der Waals surface area contributed by atoms with E-state index in [9.17, 15) is 13.2 Å². The number of thiophene rings is 1. The zero-order valence-electron chi connectivity index (χ0n) is 13.7. The van der Waals surface area contributed by atoms with Gasteiger partial charge < -0.3 is 5.32 Å². The normalized spacial score (nSPS) is 16.7. The van der Waals surface area contributed by atoms with Crippen molar-refractivity contribution < 1.29 is 13.2 Å². The van der Waals surface area contributed by atoms with Gasteiger partial charge in [-0.25, -0.2) is 8.42 Å². The van der Waals surface area contributed by atoms with Crippen molar-refractivity contribution in [2.24, 2.45) is 5.92 Å².